The minimum Gasteiger partial charge on any atom is -0.299 e. The van der Waals surface area contributed by atoms with Gasteiger partial charge in [0, 0.05) is 12.0 Å². The fourth-order valence-corrected chi connectivity index (χ4v) is 5.20. The molecule has 1 fully saturated rings. The number of rotatable bonds is 13. The van der Waals surface area contributed by atoms with Crippen LogP contribution in [0.15, 0.2) is 48.5 Å². The summed E-state index contributed by atoms with van der Waals surface area (Å²) in [5, 5.41) is 0. The molecule has 1 aliphatic carbocycles. The summed E-state index contributed by atoms with van der Waals surface area (Å²) < 4.78 is 0. The summed E-state index contributed by atoms with van der Waals surface area (Å²) in [7, 11) is 0. The van der Waals surface area contributed by atoms with Crippen LogP contribution in [0.5, 0.6) is 0 Å². The number of hydrogen-bond donors (Lipinski definition) is 0. The fraction of sp³-hybridized carbons (Fsp3) is 0.548. The molecule has 1 saturated carbocycles. The van der Waals surface area contributed by atoms with Gasteiger partial charge in [0.1, 0.15) is 5.78 Å². The van der Waals surface area contributed by atoms with Gasteiger partial charge in [-0.05, 0) is 54.2 Å². The zero-order chi connectivity index (χ0) is 23.5. The molecular weight excluding hydrogens is 404 g/mol. The van der Waals surface area contributed by atoms with Crippen molar-refractivity contribution < 1.29 is 9.59 Å². The highest BCUT2D eigenvalue weighted by Crippen LogP contribution is 2.38. The lowest BCUT2D eigenvalue weighted by atomic mass is 9.77. The number of hydrogen-bond acceptors (Lipinski definition) is 2. The molecule has 3 rings (SSSR count). The van der Waals surface area contributed by atoms with E-state index in [1.165, 1.54) is 81.8 Å². The Bertz CT molecular complexity index is 855. The maximum Gasteiger partial charge on any atom is 0.170 e. The summed E-state index contributed by atoms with van der Waals surface area (Å²) in [6.45, 7) is 4.08. The molecule has 0 unspecified atom stereocenters. The topological polar surface area (TPSA) is 34.1 Å². The first-order chi connectivity index (χ1) is 16.1. The number of ketones is 2. The Morgan fingerprint density at radius 2 is 1.30 bits per heavy atom. The molecule has 0 aromatic heterocycles. The number of carbonyl (C=O) groups excluding carboxylic acids is 2. The van der Waals surface area contributed by atoms with Gasteiger partial charge in [0.15, 0.2) is 5.78 Å². The molecule has 0 amide bonds. The quantitative estimate of drug-likeness (QED) is 0.175. The molecule has 1 aliphatic rings. The molecule has 33 heavy (non-hydrogen) atoms. The van der Waals surface area contributed by atoms with Gasteiger partial charge in [-0.2, -0.15) is 0 Å². The van der Waals surface area contributed by atoms with Crippen LogP contribution in [0.1, 0.15) is 119 Å². The van der Waals surface area contributed by atoms with Crippen molar-refractivity contribution in [3.63, 3.8) is 0 Å². The lowest BCUT2D eigenvalue weighted by Gasteiger charge is -2.29. The molecule has 0 spiro atoms. The van der Waals surface area contributed by atoms with Gasteiger partial charge in [-0.3, -0.25) is 9.59 Å². The summed E-state index contributed by atoms with van der Waals surface area (Å²) in [5.74, 6) is 1.56. The van der Waals surface area contributed by atoms with E-state index < -0.39 is 0 Å². The normalized spacial score (nSPS) is 18.2. The zero-order valence-corrected chi connectivity index (χ0v) is 20.8. The van der Waals surface area contributed by atoms with E-state index >= 15 is 0 Å². The van der Waals surface area contributed by atoms with Gasteiger partial charge in [0.2, 0.25) is 0 Å². The maximum absolute atomic E-state index is 12.2. The van der Waals surface area contributed by atoms with E-state index in [4.69, 9.17) is 0 Å². The molecule has 178 valence electrons. The van der Waals surface area contributed by atoms with E-state index in [2.05, 4.69) is 31.2 Å². The van der Waals surface area contributed by atoms with Gasteiger partial charge in [-0.25, -0.2) is 0 Å². The summed E-state index contributed by atoms with van der Waals surface area (Å²) in [5.41, 5.74) is 4.39. The second kappa shape index (κ2) is 13.5. The minimum atomic E-state index is -0.0872. The van der Waals surface area contributed by atoms with Crippen molar-refractivity contribution in [2.45, 2.75) is 103 Å². The molecule has 0 radical (unpaired) electrons. The van der Waals surface area contributed by atoms with Gasteiger partial charge in [-0.1, -0.05) is 107 Å². The lowest BCUT2D eigenvalue weighted by molar-refractivity contribution is -0.117. The Labute approximate surface area is 201 Å². The molecule has 0 bridgehead atoms. The Kier molecular flexibility index (Phi) is 10.4. The first-order valence-corrected chi connectivity index (χ1v) is 13.4. The molecule has 0 heterocycles. The van der Waals surface area contributed by atoms with Crippen molar-refractivity contribution in [2.75, 3.05) is 0 Å². The molecular formula is C31H42O2. The predicted molar refractivity (Wildman–Crippen MR) is 139 cm³/mol. The smallest absolute Gasteiger partial charge is 0.170 e. The van der Waals surface area contributed by atoms with E-state index in [1.807, 2.05) is 24.3 Å². The monoisotopic (exact) mass is 446 g/mol. The van der Waals surface area contributed by atoms with E-state index in [0.717, 1.165) is 11.5 Å². The molecule has 0 aliphatic heterocycles. The van der Waals surface area contributed by atoms with Crippen LogP contribution in [-0.2, 0) is 4.79 Å². The number of unbranched alkanes of at least 4 members (excludes halogenated alkanes) is 5. The zero-order valence-electron chi connectivity index (χ0n) is 20.8. The molecule has 0 N–H and O–H groups in total. The van der Waals surface area contributed by atoms with Crippen LogP contribution in [0.2, 0.25) is 0 Å². The van der Waals surface area contributed by atoms with Crippen molar-refractivity contribution in [3.05, 3.63) is 59.7 Å². The van der Waals surface area contributed by atoms with Crippen LogP contribution < -0.4 is 0 Å². The predicted octanol–water partition coefficient (Wildman–Crippen LogP) is 8.93. The Morgan fingerprint density at radius 3 is 1.91 bits per heavy atom. The largest absolute Gasteiger partial charge is 0.299 e. The highest BCUT2D eigenvalue weighted by Gasteiger charge is 2.22. The standard InChI is InChI=1S/C31H42O2/c1-3-5-6-7-8-9-10-24-11-13-25(14-12-24)26-15-17-27(18-16-26)28-19-21-29(22-20-28)31(33)23-30(32)4-2/h15-22,24-25H,3-14,23H2,1-2H3. The van der Waals surface area contributed by atoms with Crippen molar-refractivity contribution in [3.8, 4) is 11.1 Å². The van der Waals surface area contributed by atoms with Gasteiger partial charge in [0.25, 0.3) is 0 Å². The Balaban J connectivity index is 1.46. The molecule has 2 nitrogen and oxygen atoms in total. The van der Waals surface area contributed by atoms with Gasteiger partial charge in [0.05, 0.1) is 6.42 Å². The van der Waals surface area contributed by atoms with E-state index in [9.17, 15) is 9.59 Å². The summed E-state index contributed by atoms with van der Waals surface area (Å²) in [6.07, 6.45) is 15.7. The maximum atomic E-state index is 12.2. The van der Waals surface area contributed by atoms with Crippen LogP contribution in [0, 0.1) is 5.92 Å². The van der Waals surface area contributed by atoms with Gasteiger partial charge >= 0.3 is 0 Å². The van der Waals surface area contributed by atoms with Gasteiger partial charge in [-0.15, -0.1) is 0 Å². The Morgan fingerprint density at radius 1 is 0.727 bits per heavy atom. The molecule has 0 saturated heterocycles. The van der Waals surface area contributed by atoms with E-state index in [-0.39, 0.29) is 18.0 Å². The molecule has 2 aromatic rings. The second-order valence-corrected chi connectivity index (χ2v) is 9.97. The number of benzene rings is 2. The second-order valence-electron chi connectivity index (χ2n) is 9.97. The fourth-order valence-electron chi connectivity index (χ4n) is 5.20. The highest BCUT2D eigenvalue weighted by atomic mass is 16.1. The molecule has 2 heteroatoms. The average Bonchev–Trinajstić information content (AvgIpc) is 2.86. The SMILES string of the molecule is CCCCCCCCC1CCC(c2ccc(-c3ccc(C(=O)CC(=O)CC)cc3)cc2)CC1. The summed E-state index contributed by atoms with van der Waals surface area (Å²) in [6, 6.07) is 16.7. The first-order valence-electron chi connectivity index (χ1n) is 13.4. The molecule has 0 atom stereocenters. The highest BCUT2D eigenvalue weighted by molar-refractivity contribution is 6.08. The first kappa shape index (κ1) is 25.4. The molecule has 2 aromatic carbocycles. The van der Waals surface area contributed by atoms with Gasteiger partial charge < -0.3 is 0 Å². The lowest BCUT2D eigenvalue weighted by Crippen LogP contribution is -2.13. The minimum absolute atomic E-state index is 0.00360. The van der Waals surface area contributed by atoms with Crippen LogP contribution >= 0.6 is 0 Å². The van der Waals surface area contributed by atoms with Crippen LogP contribution in [0.25, 0.3) is 11.1 Å². The third kappa shape index (κ3) is 7.95. The average molecular weight is 447 g/mol. The summed E-state index contributed by atoms with van der Waals surface area (Å²) >= 11 is 0. The van der Waals surface area contributed by atoms with Crippen LogP contribution in [-0.4, -0.2) is 11.6 Å². The third-order valence-electron chi connectivity index (χ3n) is 7.49. The van der Waals surface area contributed by atoms with Crippen molar-refractivity contribution in [1.29, 1.82) is 0 Å². The summed E-state index contributed by atoms with van der Waals surface area (Å²) in [4.78, 5) is 23.7. The van der Waals surface area contributed by atoms with Crippen LogP contribution in [0.3, 0.4) is 0 Å². The van der Waals surface area contributed by atoms with E-state index in [0.29, 0.717) is 17.9 Å². The number of carbonyl (C=O) groups is 2. The Hall–Kier alpha value is -2.22. The van der Waals surface area contributed by atoms with Crippen LogP contribution in [0.4, 0.5) is 0 Å². The number of Topliss-reactive ketones (excluding diaryl/α,β-unsaturated/α-hetero) is 2. The van der Waals surface area contributed by atoms with E-state index in [1.54, 1.807) is 6.92 Å². The third-order valence-corrected chi connectivity index (χ3v) is 7.49. The van der Waals surface area contributed by atoms with Crippen molar-refractivity contribution in [2.24, 2.45) is 5.92 Å². The van der Waals surface area contributed by atoms with Crippen molar-refractivity contribution in [1.82, 2.24) is 0 Å². The van der Waals surface area contributed by atoms with Crippen molar-refractivity contribution >= 4 is 11.6 Å².